The Morgan fingerprint density at radius 3 is 2.78 bits per heavy atom. The number of aryl methyl sites for hydroxylation is 3. The first kappa shape index (κ1) is 14.1. The number of pyridine rings is 1. The van der Waals surface area contributed by atoms with Crippen LogP contribution in [0.25, 0.3) is 16.6 Å². The fraction of sp³-hybridized carbons (Fsp3) is 0.250. The van der Waals surface area contributed by atoms with E-state index < -0.39 is 0 Å². The molecule has 3 aromatic heterocycles. The van der Waals surface area contributed by atoms with Crippen LogP contribution in [0.1, 0.15) is 29.4 Å². The van der Waals surface area contributed by atoms with E-state index in [1.807, 2.05) is 6.07 Å². The molecule has 116 valence electrons. The molecule has 23 heavy (non-hydrogen) atoms. The first-order valence-corrected chi connectivity index (χ1v) is 8.17. The number of hydrogen-bond acceptors (Lipinski definition) is 1. The van der Waals surface area contributed by atoms with Gasteiger partial charge in [-0.05, 0) is 42.7 Å². The summed E-state index contributed by atoms with van der Waals surface area (Å²) in [5.41, 5.74) is 7.55. The molecule has 0 fully saturated rings. The van der Waals surface area contributed by atoms with Crippen molar-refractivity contribution in [3.63, 3.8) is 0 Å². The smallest absolute Gasteiger partial charge is 0.137 e. The summed E-state index contributed by atoms with van der Waals surface area (Å²) in [6.45, 7) is 4.38. The molecule has 0 radical (unpaired) electrons. The predicted octanol–water partition coefficient (Wildman–Crippen LogP) is 4.29. The van der Waals surface area contributed by atoms with E-state index in [2.05, 4.69) is 72.6 Å². The van der Waals surface area contributed by atoms with E-state index >= 15 is 0 Å². The second kappa shape index (κ2) is 5.27. The Hall–Kier alpha value is -2.55. The molecule has 0 unspecified atom stereocenters. The van der Waals surface area contributed by atoms with Crippen molar-refractivity contribution in [1.82, 2.24) is 14.0 Å². The number of aromatic nitrogens is 3. The molecule has 0 atom stereocenters. The number of hydrogen-bond donors (Lipinski definition) is 0. The van der Waals surface area contributed by atoms with Gasteiger partial charge in [-0.15, -0.1) is 0 Å². The zero-order valence-corrected chi connectivity index (χ0v) is 13.9. The lowest BCUT2D eigenvalue weighted by Crippen LogP contribution is -1.98. The summed E-state index contributed by atoms with van der Waals surface area (Å²) in [6, 6.07) is 12.7. The lowest BCUT2D eigenvalue weighted by molar-refractivity contribution is 0.936. The van der Waals surface area contributed by atoms with E-state index in [9.17, 15) is 0 Å². The quantitative estimate of drug-likeness (QED) is 0.553. The lowest BCUT2D eigenvalue weighted by atomic mass is 10.0. The molecular formula is C20H21N3. The van der Waals surface area contributed by atoms with Gasteiger partial charge in [-0.3, -0.25) is 0 Å². The molecule has 0 aliphatic carbocycles. The van der Waals surface area contributed by atoms with Gasteiger partial charge in [-0.2, -0.15) is 0 Å². The number of rotatable bonds is 3. The largest absolute Gasteiger partial charge is 0.350 e. The van der Waals surface area contributed by atoms with Crippen LogP contribution in [0.15, 0.2) is 48.8 Å². The zero-order chi connectivity index (χ0) is 16.0. The zero-order valence-electron chi connectivity index (χ0n) is 13.9. The van der Waals surface area contributed by atoms with Crippen LogP contribution in [0.5, 0.6) is 0 Å². The van der Waals surface area contributed by atoms with Gasteiger partial charge in [0, 0.05) is 36.8 Å². The van der Waals surface area contributed by atoms with E-state index in [-0.39, 0.29) is 0 Å². The van der Waals surface area contributed by atoms with E-state index in [0.29, 0.717) is 0 Å². The van der Waals surface area contributed by atoms with Gasteiger partial charge in [0.15, 0.2) is 0 Å². The molecule has 3 heterocycles. The number of nitrogens with zero attached hydrogens (tertiary/aromatic N) is 3. The minimum absolute atomic E-state index is 0.913. The summed E-state index contributed by atoms with van der Waals surface area (Å²) in [7, 11) is 2.13. The van der Waals surface area contributed by atoms with Crippen molar-refractivity contribution >= 4 is 16.6 Å². The Morgan fingerprint density at radius 2 is 1.96 bits per heavy atom. The summed E-state index contributed by atoms with van der Waals surface area (Å²) in [5, 5.41) is 1.38. The molecule has 3 heteroatoms. The van der Waals surface area contributed by atoms with Gasteiger partial charge in [0.25, 0.3) is 0 Å². The second-order valence-electron chi connectivity index (χ2n) is 6.20. The fourth-order valence-electron chi connectivity index (χ4n) is 3.61. The molecule has 4 rings (SSSR count). The monoisotopic (exact) mass is 303 g/mol. The van der Waals surface area contributed by atoms with Gasteiger partial charge in [-0.25, -0.2) is 4.98 Å². The topological polar surface area (TPSA) is 22.2 Å². The van der Waals surface area contributed by atoms with Crippen LogP contribution in [-0.4, -0.2) is 14.0 Å². The Morgan fingerprint density at radius 1 is 1.09 bits per heavy atom. The van der Waals surface area contributed by atoms with E-state index in [1.54, 1.807) is 0 Å². The van der Waals surface area contributed by atoms with Crippen LogP contribution in [0.3, 0.4) is 0 Å². The Bertz CT molecular complexity index is 1000. The third-order valence-corrected chi connectivity index (χ3v) is 4.71. The summed E-state index contributed by atoms with van der Waals surface area (Å²) in [6.07, 6.45) is 6.26. The molecule has 0 bridgehead atoms. The standard InChI is InChI=1S/C20H21N3/c1-4-16-18(23-11-6-5-10-19(23)21-16)12-15-13-22(3)17-9-7-8-14(2)20(15)17/h5-11,13H,4,12H2,1-3H3. The summed E-state index contributed by atoms with van der Waals surface area (Å²) >= 11 is 0. The van der Waals surface area contributed by atoms with Crippen molar-refractivity contribution in [3.05, 3.63) is 71.3 Å². The summed E-state index contributed by atoms with van der Waals surface area (Å²) < 4.78 is 4.46. The molecule has 0 aliphatic heterocycles. The first-order chi connectivity index (χ1) is 11.2. The number of imidazole rings is 1. The molecule has 0 spiro atoms. The molecule has 3 nitrogen and oxygen atoms in total. The highest BCUT2D eigenvalue weighted by Gasteiger charge is 2.15. The van der Waals surface area contributed by atoms with Gasteiger partial charge in [-0.1, -0.05) is 25.1 Å². The van der Waals surface area contributed by atoms with Gasteiger partial charge >= 0.3 is 0 Å². The minimum atomic E-state index is 0.913. The highest BCUT2D eigenvalue weighted by molar-refractivity contribution is 5.87. The highest BCUT2D eigenvalue weighted by atomic mass is 15.0. The van der Waals surface area contributed by atoms with E-state index in [4.69, 9.17) is 4.98 Å². The van der Waals surface area contributed by atoms with Crippen molar-refractivity contribution in [2.45, 2.75) is 26.7 Å². The SMILES string of the molecule is CCc1nc2ccccn2c1Cc1cn(C)c2cccc(C)c12. The van der Waals surface area contributed by atoms with E-state index in [1.165, 1.54) is 33.4 Å². The predicted molar refractivity (Wildman–Crippen MR) is 95.0 cm³/mol. The molecule has 4 aromatic rings. The highest BCUT2D eigenvalue weighted by Crippen LogP contribution is 2.27. The Labute approximate surface area is 136 Å². The molecule has 0 saturated carbocycles. The number of benzene rings is 1. The van der Waals surface area contributed by atoms with Crippen LogP contribution in [-0.2, 0) is 19.9 Å². The molecule has 0 aliphatic rings. The summed E-state index contributed by atoms with van der Waals surface area (Å²) in [4.78, 5) is 4.79. The minimum Gasteiger partial charge on any atom is -0.350 e. The van der Waals surface area contributed by atoms with Crippen LogP contribution in [0.2, 0.25) is 0 Å². The second-order valence-corrected chi connectivity index (χ2v) is 6.20. The maximum absolute atomic E-state index is 4.79. The van der Waals surface area contributed by atoms with Gasteiger partial charge in [0.1, 0.15) is 5.65 Å². The van der Waals surface area contributed by atoms with Crippen molar-refractivity contribution in [3.8, 4) is 0 Å². The van der Waals surface area contributed by atoms with Crippen molar-refractivity contribution in [2.75, 3.05) is 0 Å². The molecule has 0 N–H and O–H groups in total. The van der Waals surface area contributed by atoms with Crippen molar-refractivity contribution < 1.29 is 0 Å². The van der Waals surface area contributed by atoms with Crippen LogP contribution < -0.4 is 0 Å². The fourth-order valence-corrected chi connectivity index (χ4v) is 3.61. The van der Waals surface area contributed by atoms with Gasteiger partial charge in [0.2, 0.25) is 0 Å². The third-order valence-electron chi connectivity index (χ3n) is 4.71. The lowest BCUT2D eigenvalue weighted by Gasteiger charge is -2.05. The van der Waals surface area contributed by atoms with Crippen LogP contribution >= 0.6 is 0 Å². The maximum atomic E-state index is 4.79. The maximum Gasteiger partial charge on any atom is 0.137 e. The third kappa shape index (κ3) is 2.15. The molecule has 1 aromatic carbocycles. The van der Waals surface area contributed by atoms with Gasteiger partial charge < -0.3 is 8.97 Å². The van der Waals surface area contributed by atoms with Crippen LogP contribution in [0.4, 0.5) is 0 Å². The normalized spacial score (nSPS) is 11.6. The van der Waals surface area contributed by atoms with Crippen molar-refractivity contribution in [2.24, 2.45) is 7.05 Å². The number of fused-ring (bicyclic) bond motifs is 2. The van der Waals surface area contributed by atoms with Crippen LogP contribution in [0, 0.1) is 6.92 Å². The molecule has 0 amide bonds. The average Bonchev–Trinajstić information content (AvgIpc) is 3.07. The van der Waals surface area contributed by atoms with Crippen molar-refractivity contribution in [1.29, 1.82) is 0 Å². The average molecular weight is 303 g/mol. The van der Waals surface area contributed by atoms with Gasteiger partial charge in [0.05, 0.1) is 11.4 Å². The Kier molecular flexibility index (Phi) is 3.22. The summed E-state index contributed by atoms with van der Waals surface area (Å²) in [5.74, 6) is 0. The Balaban J connectivity index is 1.92. The molecular weight excluding hydrogens is 282 g/mol. The van der Waals surface area contributed by atoms with E-state index in [0.717, 1.165) is 18.5 Å². The molecule has 0 saturated heterocycles. The first-order valence-electron chi connectivity index (χ1n) is 8.17.